The maximum Gasteiger partial charge on any atom is 0.339 e. The van der Waals surface area contributed by atoms with Crippen LogP contribution >= 0.6 is 0 Å². The molecule has 1 aromatic carbocycles. The monoisotopic (exact) mass is 283 g/mol. The smallest absolute Gasteiger partial charge is 0.339 e. The first-order chi connectivity index (χ1) is 10.2. The van der Waals surface area contributed by atoms with Gasteiger partial charge in [-0.2, -0.15) is 0 Å². The van der Waals surface area contributed by atoms with Crippen molar-refractivity contribution >= 4 is 17.4 Å². The maximum absolute atomic E-state index is 11.7. The number of nitrogens with two attached hydrogens (primary N) is 1. The Balaban J connectivity index is 1.96. The lowest BCUT2D eigenvalue weighted by atomic mass is 10.1. The summed E-state index contributed by atoms with van der Waals surface area (Å²) < 4.78 is 6.52. The number of carbonyl (C=O) groups excluding carboxylic acids is 1. The van der Waals surface area contributed by atoms with Crippen LogP contribution in [0.4, 0.5) is 5.69 Å². The summed E-state index contributed by atoms with van der Waals surface area (Å²) in [7, 11) is 1.33. The highest BCUT2D eigenvalue weighted by molar-refractivity contribution is 5.95. The Morgan fingerprint density at radius 1 is 1.38 bits per heavy atom. The van der Waals surface area contributed by atoms with Gasteiger partial charge in [0, 0.05) is 24.5 Å². The van der Waals surface area contributed by atoms with Crippen molar-refractivity contribution < 1.29 is 9.53 Å². The van der Waals surface area contributed by atoms with E-state index in [0.717, 1.165) is 11.4 Å². The van der Waals surface area contributed by atoms with Crippen molar-refractivity contribution in [3.8, 4) is 0 Å². The molecule has 2 heterocycles. The molecule has 2 aromatic heterocycles. The molecule has 0 aliphatic carbocycles. The molecule has 7 nitrogen and oxygen atoms in total. The number of hydrogen-bond acceptors (Lipinski definition) is 6. The van der Waals surface area contributed by atoms with E-state index < -0.39 is 5.97 Å². The minimum Gasteiger partial charge on any atom is -0.465 e. The Morgan fingerprint density at radius 3 is 3.05 bits per heavy atom. The van der Waals surface area contributed by atoms with Gasteiger partial charge in [-0.3, -0.25) is 4.40 Å². The van der Waals surface area contributed by atoms with Crippen molar-refractivity contribution in [1.29, 1.82) is 0 Å². The van der Waals surface area contributed by atoms with Crippen LogP contribution in [-0.2, 0) is 11.2 Å². The highest BCUT2D eigenvalue weighted by Crippen LogP contribution is 2.17. The van der Waals surface area contributed by atoms with Crippen molar-refractivity contribution in [3.05, 3.63) is 53.6 Å². The van der Waals surface area contributed by atoms with E-state index in [-0.39, 0.29) is 0 Å². The number of benzene rings is 1. The zero-order chi connectivity index (χ0) is 14.8. The molecule has 106 valence electrons. The zero-order valence-electron chi connectivity index (χ0n) is 11.4. The van der Waals surface area contributed by atoms with Crippen LogP contribution in [-0.4, -0.2) is 32.7 Å². The highest BCUT2D eigenvalue weighted by atomic mass is 16.5. The second-order valence-electron chi connectivity index (χ2n) is 4.50. The highest BCUT2D eigenvalue weighted by Gasteiger charge is 2.12. The van der Waals surface area contributed by atoms with Gasteiger partial charge in [-0.15, -0.1) is 10.2 Å². The third-order valence-electron chi connectivity index (χ3n) is 3.14. The van der Waals surface area contributed by atoms with Crippen LogP contribution in [0.5, 0.6) is 0 Å². The molecule has 3 aromatic rings. The largest absolute Gasteiger partial charge is 0.465 e. The minimum absolute atomic E-state index is 0.349. The van der Waals surface area contributed by atoms with Crippen molar-refractivity contribution in [3.63, 3.8) is 0 Å². The standard InChI is InChI=1S/C14H13N5O2/c1-21-13(20)10-7-9(3-4-11(10)15)8-12-17-18-14-16-5-2-6-19(12)14/h2-7H,8,15H2,1H3. The summed E-state index contributed by atoms with van der Waals surface area (Å²) in [5.41, 5.74) is 7.41. The van der Waals surface area contributed by atoms with E-state index in [1.54, 1.807) is 22.7 Å². The van der Waals surface area contributed by atoms with Gasteiger partial charge >= 0.3 is 5.97 Å². The Morgan fingerprint density at radius 2 is 2.24 bits per heavy atom. The number of fused-ring (bicyclic) bond motifs is 1. The molecule has 0 saturated heterocycles. The van der Waals surface area contributed by atoms with Gasteiger partial charge in [0.2, 0.25) is 0 Å². The molecule has 0 saturated carbocycles. The van der Waals surface area contributed by atoms with Crippen LogP contribution in [0.1, 0.15) is 21.7 Å². The van der Waals surface area contributed by atoms with Crippen LogP contribution < -0.4 is 5.73 Å². The summed E-state index contributed by atoms with van der Waals surface area (Å²) in [6.45, 7) is 0. The fraction of sp³-hybridized carbons (Fsp3) is 0.143. The Bertz CT molecular complexity index is 812. The normalized spacial score (nSPS) is 10.7. The maximum atomic E-state index is 11.7. The van der Waals surface area contributed by atoms with Crippen molar-refractivity contribution in [2.24, 2.45) is 0 Å². The van der Waals surface area contributed by atoms with Gasteiger partial charge in [-0.1, -0.05) is 6.07 Å². The number of rotatable bonds is 3. The Kier molecular flexibility index (Phi) is 3.23. The number of ether oxygens (including phenoxy) is 1. The predicted octanol–water partition coefficient (Wildman–Crippen LogP) is 1.08. The van der Waals surface area contributed by atoms with Gasteiger partial charge in [0.25, 0.3) is 5.78 Å². The van der Waals surface area contributed by atoms with Crippen molar-refractivity contribution in [2.45, 2.75) is 6.42 Å². The van der Waals surface area contributed by atoms with E-state index in [4.69, 9.17) is 10.5 Å². The summed E-state index contributed by atoms with van der Waals surface area (Å²) in [5.74, 6) is 0.817. The summed E-state index contributed by atoms with van der Waals surface area (Å²) in [6, 6.07) is 7.05. The van der Waals surface area contributed by atoms with E-state index in [9.17, 15) is 4.79 Å². The van der Waals surface area contributed by atoms with Crippen molar-refractivity contribution in [2.75, 3.05) is 12.8 Å². The molecule has 0 radical (unpaired) electrons. The Labute approximate surface area is 120 Å². The molecule has 0 aliphatic heterocycles. The van der Waals surface area contributed by atoms with Gasteiger partial charge in [0.05, 0.1) is 12.7 Å². The molecular formula is C14H13N5O2. The molecule has 3 rings (SSSR count). The van der Waals surface area contributed by atoms with Gasteiger partial charge < -0.3 is 10.5 Å². The van der Waals surface area contributed by atoms with Crippen LogP contribution in [0.25, 0.3) is 5.78 Å². The fourth-order valence-corrected chi connectivity index (χ4v) is 2.09. The molecule has 0 atom stereocenters. The van der Waals surface area contributed by atoms with Gasteiger partial charge in [-0.05, 0) is 23.8 Å². The van der Waals surface area contributed by atoms with Crippen LogP contribution in [0.3, 0.4) is 0 Å². The van der Waals surface area contributed by atoms with E-state index in [2.05, 4.69) is 15.2 Å². The average molecular weight is 283 g/mol. The summed E-state index contributed by atoms with van der Waals surface area (Å²) in [6.07, 6.45) is 4.01. The van der Waals surface area contributed by atoms with Crippen molar-refractivity contribution in [1.82, 2.24) is 19.6 Å². The topological polar surface area (TPSA) is 95.4 Å². The number of anilines is 1. The van der Waals surface area contributed by atoms with E-state index in [0.29, 0.717) is 23.4 Å². The summed E-state index contributed by atoms with van der Waals surface area (Å²) in [5, 5.41) is 8.10. The summed E-state index contributed by atoms with van der Waals surface area (Å²) in [4.78, 5) is 15.8. The average Bonchev–Trinajstić information content (AvgIpc) is 2.92. The molecule has 0 aliphatic rings. The predicted molar refractivity (Wildman–Crippen MR) is 75.8 cm³/mol. The minimum atomic E-state index is -0.456. The molecular weight excluding hydrogens is 270 g/mol. The fourth-order valence-electron chi connectivity index (χ4n) is 2.09. The number of nitrogen functional groups attached to an aromatic ring is 1. The second-order valence-corrected chi connectivity index (χ2v) is 4.50. The molecule has 21 heavy (non-hydrogen) atoms. The van der Waals surface area contributed by atoms with E-state index in [1.807, 2.05) is 18.3 Å². The first-order valence-corrected chi connectivity index (χ1v) is 6.30. The Hall–Kier alpha value is -2.96. The van der Waals surface area contributed by atoms with Gasteiger partial charge in [-0.25, -0.2) is 9.78 Å². The molecule has 0 fully saturated rings. The quantitative estimate of drug-likeness (QED) is 0.571. The number of aromatic nitrogens is 4. The number of methoxy groups -OCH3 is 1. The zero-order valence-corrected chi connectivity index (χ0v) is 11.4. The third-order valence-corrected chi connectivity index (χ3v) is 3.14. The number of carbonyl (C=O) groups is 1. The first kappa shape index (κ1) is 13.0. The SMILES string of the molecule is COC(=O)c1cc(Cc2nnc3ncccn23)ccc1N. The molecule has 0 unspecified atom stereocenters. The number of hydrogen-bond donors (Lipinski definition) is 1. The summed E-state index contributed by atoms with van der Waals surface area (Å²) >= 11 is 0. The van der Waals surface area contributed by atoms with Gasteiger partial charge in [0.1, 0.15) is 5.82 Å². The lowest BCUT2D eigenvalue weighted by Gasteiger charge is -2.06. The van der Waals surface area contributed by atoms with Crippen LogP contribution in [0.15, 0.2) is 36.7 Å². The molecule has 7 heteroatoms. The third kappa shape index (κ3) is 2.40. The van der Waals surface area contributed by atoms with Crippen LogP contribution in [0.2, 0.25) is 0 Å². The second kappa shape index (κ2) is 5.20. The lowest BCUT2D eigenvalue weighted by Crippen LogP contribution is -2.07. The molecule has 0 amide bonds. The lowest BCUT2D eigenvalue weighted by molar-refractivity contribution is 0.0602. The van der Waals surface area contributed by atoms with Gasteiger partial charge in [0.15, 0.2) is 0 Å². The number of esters is 1. The van der Waals surface area contributed by atoms with E-state index in [1.165, 1.54) is 7.11 Å². The van der Waals surface area contributed by atoms with E-state index >= 15 is 0 Å². The molecule has 0 bridgehead atoms. The van der Waals surface area contributed by atoms with Crippen LogP contribution in [0, 0.1) is 0 Å². The first-order valence-electron chi connectivity index (χ1n) is 6.30. The molecule has 2 N–H and O–H groups in total. The number of nitrogens with zero attached hydrogens (tertiary/aromatic N) is 4. The molecule has 0 spiro atoms.